The summed E-state index contributed by atoms with van der Waals surface area (Å²) in [6.07, 6.45) is 4.23. The molecule has 0 amide bonds. The number of hydrogen-bond acceptors (Lipinski definition) is 3. The first-order chi connectivity index (χ1) is 8.25. The Morgan fingerprint density at radius 2 is 1.72 bits per heavy atom. The van der Waals surface area contributed by atoms with Crippen LogP contribution in [0, 0.1) is 17.8 Å². The molecule has 0 bridgehead atoms. The molecule has 2 N–H and O–H groups in total. The smallest absolute Gasteiger partial charge is 0.323 e. The fraction of sp³-hybridized carbons (Fsp3) is 0.933. The largest absolute Gasteiger partial charge is 0.458 e. The van der Waals surface area contributed by atoms with E-state index in [4.69, 9.17) is 10.5 Å². The average Bonchev–Trinajstić information content (AvgIpc) is 2.27. The van der Waals surface area contributed by atoms with Gasteiger partial charge in [0.25, 0.3) is 0 Å². The number of nitrogens with two attached hydrogens (primary N) is 1. The molecule has 1 aliphatic rings. The minimum Gasteiger partial charge on any atom is -0.458 e. The topological polar surface area (TPSA) is 52.3 Å². The Labute approximate surface area is 111 Å². The maximum absolute atomic E-state index is 11.9. The molecular formula is C15H29NO2. The Balaban J connectivity index is 2.50. The molecule has 1 saturated carbocycles. The second kappa shape index (κ2) is 6.05. The van der Waals surface area contributed by atoms with Gasteiger partial charge >= 0.3 is 5.97 Å². The molecule has 18 heavy (non-hydrogen) atoms. The van der Waals surface area contributed by atoms with Crippen molar-refractivity contribution in [3.8, 4) is 0 Å². The van der Waals surface area contributed by atoms with Crippen molar-refractivity contribution in [3.05, 3.63) is 0 Å². The molecular weight excluding hydrogens is 226 g/mol. The fourth-order valence-corrected chi connectivity index (χ4v) is 2.60. The molecule has 0 aliphatic heterocycles. The van der Waals surface area contributed by atoms with Crippen molar-refractivity contribution in [2.75, 3.05) is 0 Å². The summed E-state index contributed by atoms with van der Waals surface area (Å²) in [5, 5.41) is 0. The van der Waals surface area contributed by atoms with Gasteiger partial charge in [-0.3, -0.25) is 4.79 Å². The summed E-state index contributed by atoms with van der Waals surface area (Å²) >= 11 is 0. The summed E-state index contributed by atoms with van der Waals surface area (Å²) in [6.45, 7) is 10.5. The van der Waals surface area contributed by atoms with Crippen LogP contribution in [0.1, 0.15) is 60.3 Å². The van der Waals surface area contributed by atoms with Gasteiger partial charge in [-0.2, -0.15) is 0 Å². The van der Waals surface area contributed by atoms with Gasteiger partial charge in [0.2, 0.25) is 0 Å². The number of carbonyl (C=O) groups excluding carboxylic acids is 1. The minimum atomic E-state index is -0.496. The van der Waals surface area contributed by atoms with Gasteiger partial charge in [-0.1, -0.05) is 27.7 Å². The normalized spacial score (nSPS) is 30.6. The van der Waals surface area contributed by atoms with Crippen molar-refractivity contribution < 1.29 is 9.53 Å². The lowest BCUT2D eigenvalue weighted by Crippen LogP contribution is -2.44. The van der Waals surface area contributed by atoms with E-state index in [0.29, 0.717) is 0 Å². The predicted octanol–water partition coefficient (Wildman–Crippen LogP) is 3.12. The maximum Gasteiger partial charge on any atom is 0.323 e. The standard InChI is InChI=1S/C15H29NO2/c1-10(2)12-6-8-15(5,9-7-12)18-14(17)13(16)11(3)4/h10-13H,6-9,16H2,1-5H3/t12?,13-,15?/m0/s1. The first-order valence-corrected chi connectivity index (χ1v) is 7.23. The molecule has 0 spiro atoms. The van der Waals surface area contributed by atoms with Crippen molar-refractivity contribution >= 4 is 5.97 Å². The predicted molar refractivity (Wildman–Crippen MR) is 74.1 cm³/mol. The summed E-state index contributed by atoms with van der Waals surface area (Å²) in [5.41, 5.74) is 5.54. The summed E-state index contributed by atoms with van der Waals surface area (Å²) in [7, 11) is 0. The van der Waals surface area contributed by atoms with Crippen molar-refractivity contribution in [3.63, 3.8) is 0 Å². The lowest BCUT2D eigenvalue weighted by molar-refractivity contribution is -0.165. The highest BCUT2D eigenvalue weighted by Crippen LogP contribution is 2.38. The van der Waals surface area contributed by atoms with Crippen molar-refractivity contribution in [1.29, 1.82) is 0 Å². The second-order valence-corrected chi connectivity index (χ2v) is 6.72. The molecule has 1 fully saturated rings. The lowest BCUT2D eigenvalue weighted by Gasteiger charge is -2.39. The van der Waals surface area contributed by atoms with E-state index >= 15 is 0 Å². The van der Waals surface area contributed by atoms with Gasteiger partial charge in [-0.25, -0.2) is 0 Å². The van der Waals surface area contributed by atoms with Crippen LogP contribution in [0.25, 0.3) is 0 Å². The minimum absolute atomic E-state index is 0.133. The van der Waals surface area contributed by atoms with E-state index in [1.54, 1.807) is 0 Å². The summed E-state index contributed by atoms with van der Waals surface area (Å²) in [6, 6.07) is -0.496. The van der Waals surface area contributed by atoms with E-state index in [1.807, 2.05) is 13.8 Å². The zero-order valence-electron chi connectivity index (χ0n) is 12.5. The SMILES string of the molecule is CC(C)C1CCC(C)(OC(=O)[C@@H](N)C(C)C)CC1. The molecule has 0 aromatic carbocycles. The van der Waals surface area contributed by atoms with E-state index < -0.39 is 6.04 Å². The van der Waals surface area contributed by atoms with Crippen LogP contribution < -0.4 is 5.73 Å². The first kappa shape index (κ1) is 15.5. The van der Waals surface area contributed by atoms with Gasteiger partial charge in [-0.15, -0.1) is 0 Å². The van der Waals surface area contributed by atoms with E-state index in [1.165, 1.54) is 0 Å². The van der Waals surface area contributed by atoms with E-state index in [2.05, 4.69) is 20.8 Å². The monoisotopic (exact) mass is 255 g/mol. The Morgan fingerprint density at radius 3 is 2.11 bits per heavy atom. The van der Waals surface area contributed by atoms with Crippen LogP contribution in [-0.2, 0) is 9.53 Å². The number of esters is 1. The molecule has 0 unspecified atom stereocenters. The molecule has 0 radical (unpaired) electrons. The highest BCUT2D eigenvalue weighted by Gasteiger charge is 2.36. The van der Waals surface area contributed by atoms with Crippen molar-refractivity contribution in [2.45, 2.75) is 71.9 Å². The molecule has 1 rings (SSSR count). The molecule has 3 heteroatoms. The van der Waals surface area contributed by atoms with Gasteiger partial charge < -0.3 is 10.5 Å². The van der Waals surface area contributed by atoms with Crippen molar-refractivity contribution in [1.82, 2.24) is 0 Å². The van der Waals surface area contributed by atoms with Crippen LogP contribution in [0.2, 0.25) is 0 Å². The van der Waals surface area contributed by atoms with Crippen molar-refractivity contribution in [2.24, 2.45) is 23.5 Å². The number of carbonyl (C=O) groups is 1. The summed E-state index contributed by atoms with van der Waals surface area (Å²) in [4.78, 5) is 11.9. The number of hydrogen-bond donors (Lipinski definition) is 1. The molecule has 0 saturated heterocycles. The van der Waals surface area contributed by atoms with E-state index in [0.717, 1.165) is 37.5 Å². The zero-order valence-corrected chi connectivity index (χ0v) is 12.5. The molecule has 1 aliphatic carbocycles. The highest BCUT2D eigenvalue weighted by molar-refractivity contribution is 5.76. The summed E-state index contributed by atoms with van der Waals surface area (Å²) < 4.78 is 5.67. The van der Waals surface area contributed by atoms with Crippen LogP contribution in [0.4, 0.5) is 0 Å². The third-order valence-corrected chi connectivity index (χ3v) is 4.37. The Kier molecular flexibility index (Phi) is 5.20. The van der Waals surface area contributed by atoms with Crippen LogP contribution in [0.5, 0.6) is 0 Å². The Hall–Kier alpha value is -0.570. The third-order valence-electron chi connectivity index (χ3n) is 4.37. The lowest BCUT2D eigenvalue weighted by atomic mass is 9.75. The number of rotatable bonds is 4. The third kappa shape index (κ3) is 3.98. The van der Waals surface area contributed by atoms with Gasteiger partial charge in [0.15, 0.2) is 0 Å². The van der Waals surface area contributed by atoms with Gasteiger partial charge in [0.05, 0.1) is 0 Å². The van der Waals surface area contributed by atoms with Crippen LogP contribution >= 0.6 is 0 Å². The first-order valence-electron chi connectivity index (χ1n) is 7.23. The molecule has 1 atom stereocenters. The molecule has 106 valence electrons. The Bertz CT molecular complexity index is 278. The van der Waals surface area contributed by atoms with E-state index in [-0.39, 0.29) is 17.5 Å². The zero-order chi connectivity index (χ0) is 13.9. The second-order valence-electron chi connectivity index (χ2n) is 6.72. The van der Waals surface area contributed by atoms with Crippen LogP contribution in [-0.4, -0.2) is 17.6 Å². The summed E-state index contributed by atoms with van der Waals surface area (Å²) in [5.74, 6) is 1.39. The van der Waals surface area contributed by atoms with Gasteiger partial charge in [-0.05, 0) is 50.4 Å². The maximum atomic E-state index is 11.9. The fourth-order valence-electron chi connectivity index (χ4n) is 2.60. The molecule has 0 aromatic heterocycles. The van der Waals surface area contributed by atoms with Gasteiger partial charge in [0, 0.05) is 0 Å². The molecule has 0 heterocycles. The van der Waals surface area contributed by atoms with Crippen LogP contribution in [0.15, 0.2) is 0 Å². The quantitative estimate of drug-likeness (QED) is 0.785. The van der Waals surface area contributed by atoms with Gasteiger partial charge in [0.1, 0.15) is 11.6 Å². The van der Waals surface area contributed by atoms with E-state index in [9.17, 15) is 4.79 Å². The van der Waals surface area contributed by atoms with Crippen LogP contribution in [0.3, 0.4) is 0 Å². The highest BCUT2D eigenvalue weighted by atomic mass is 16.6. The average molecular weight is 255 g/mol. The number of ether oxygens (including phenoxy) is 1. The Morgan fingerprint density at radius 1 is 1.22 bits per heavy atom. The molecule has 3 nitrogen and oxygen atoms in total. The molecule has 0 aromatic rings.